The number of rotatable bonds is 19. The number of benzene rings is 1. The molecule has 0 radical (unpaired) electrons. The average Bonchev–Trinajstić information content (AvgIpc) is 4.23. The van der Waals surface area contributed by atoms with Gasteiger partial charge < -0.3 is 53.4 Å². The van der Waals surface area contributed by atoms with Gasteiger partial charge in [-0.2, -0.15) is 0 Å². The minimum atomic E-state index is -1.45. The van der Waals surface area contributed by atoms with Gasteiger partial charge in [-0.1, -0.05) is 45.0 Å². The lowest BCUT2D eigenvalue weighted by molar-refractivity contribution is -0.296. The number of carbonyl (C=O) groups is 4. The number of aryl methyl sites for hydroxylation is 1. The van der Waals surface area contributed by atoms with E-state index in [9.17, 15) is 34.5 Å². The highest BCUT2D eigenvalue weighted by Crippen LogP contribution is 2.43. The number of fused-ring (bicyclic) bond motifs is 1. The molecule has 3 saturated heterocycles. The number of unbranched alkanes of at least 4 members (excludes halogenated alkanes) is 1. The maximum Gasteiger partial charge on any atom is 0.410 e. The van der Waals surface area contributed by atoms with E-state index in [-0.39, 0.29) is 31.8 Å². The molecule has 3 aliphatic rings. The first-order chi connectivity index (χ1) is 36.7. The monoisotopic (exact) mass is 1090 g/mol. The Kier molecular flexibility index (Phi) is 19.9. The van der Waals surface area contributed by atoms with E-state index < -0.39 is 108 Å². The van der Waals surface area contributed by atoms with Crippen molar-refractivity contribution in [1.82, 2.24) is 39.3 Å². The predicted molar refractivity (Wildman–Crippen MR) is 286 cm³/mol. The molecule has 0 spiro atoms. The van der Waals surface area contributed by atoms with Crippen LogP contribution in [0.5, 0.6) is 0 Å². The molecule has 0 saturated carbocycles. The summed E-state index contributed by atoms with van der Waals surface area (Å²) in [7, 11) is 3.35. The van der Waals surface area contributed by atoms with E-state index in [1.165, 1.54) is 18.7 Å². The normalized spacial score (nSPS) is 31.4. The lowest BCUT2D eigenvalue weighted by Gasteiger charge is -2.47. The van der Waals surface area contributed by atoms with Gasteiger partial charge in [0.2, 0.25) is 0 Å². The molecule has 6 heterocycles. The van der Waals surface area contributed by atoms with Crippen molar-refractivity contribution >= 4 is 35.4 Å². The third kappa shape index (κ3) is 13.2. The summed E-state index contributed by atoms with van der Waals surface area (Å²) in [5, 5.41) is 42.2. The largest absolute Gasteiger partial charge is 0.458 e. The maximum atomic E-state index is 15.0. The van der Waals surface area contributed by atoms with E-state index in [1.54, 1.807) is 76.2 Å². The third-order valence-corrected chi connectivity index (χ3v) is 17.1. The number of hydrogen-bond donors (Lipinski definition) is 3. The summed E-state index contributed by atoms with van der Waals surface area (Å²) in [6.45, 7) is 14.8. The number of aliphatic hydroxyl groups excluding tert-OH is 3. The summed E-state index contributed by atoms with van der Waals surface area (Å²) in [5.74, 6) is -5.36. The van der Waals surface area contributed by atoms with Gasteiger partial charge >= 0.3 is 12.1 Å². The number of pyridine rings is 1. The number of amides is 1. The van der Waals surface area contributed by atoms with Gasteiger partial charge in [-0.15, -0.1) is 16.9 Å². The molecule has 20 nitrogen and oxygen atoms in total. The summed E-state index contributed by atoms with van der Waals surface area (Å²) in [5.41, 5.74) is 0.140. The minimum absolute atomic E-state index is 0.0655. The van der Waals surface area contributed by atoms with E-state index in [2.05, 4.69) is 20.3 Å². The molecule has 21 heteroatoms. The van der Waals surface area contributed by atoms with Crippen LogP contribution in [0.2, 0.25) is 0 Å². The first kappa shape index (κ1) is 59.5. The van der Waals surface area contributed by atoms with E-state index >= 15 is 0 Å². The zero-order chi connectivity index (χ0) is 55.9. The number of imidazole rings is 1. The molecular weight excluding hydrogens is 1010 g/mol. The Hall–Kier alpha value is -5.13. The average molecular weight is 1090 g/mol. The zero-order valence-electron chi connectivity index (χ0n) is 46.4. The van der Waals surface area contributed by atoms with Crippen LogP contribution in [0.3, 0.4) is 0 Å². The molecule has 0 unspecified atom stereocenters. The molecule has 4 aromatic rings. The van der Waals surface area contributed by atoms with Crippen LogP contribution in [0.25, 0.3) is 11.3 Å². The van der Waals surface area contributed by atoms with Gasteiger partial charge in [0.05, 0.1) is 48.2 Å². The van der Waals surface area contributed by atoms with Gasteiger partial charge in [0, 0.05) is 92.2 Å². The highest BCUT2D eigenvalue weighted by Gasteiger charge is 2.60. The number of carbonyl (C=O) groups excluding carboxylic acids is 4. The maximum absolute atomic E-state index is 15.0. The topological polar surface area (TPSA) is 243 Å². The molecule has 3 aromatic heterocycles. The highest BCUT2D eigenvalue weighted by molar-refractivity contribution is 7.98. The van der Waals surface area contributed by atoms with Crippen molar-refractivity contribution in [2.24, 2.45) is 23.7 Å². The smallest absolute Gasteiger partial charge is 0.410 e. The second-order valence-electron chi connectivity index (χ2n) is 21.7. The van der Waals surface area contributed by atoms with Crippen LogP contribution in [0.4, 0.5) is 4.79 Å². The Labute approximate surface area is 456 Å². The van der Waals surface area contributed by atoms with E-state index in [1.807, 2.05) is 79.2 Å². The Morgan fingerprint density at radius 3 is 2.38 bits per heavy atom. The Morgan fingerprint density at radius 2 is 1.71 bits per heavy atom. The zero-order valence-corrected chi connectivity index (χ0v) is 47.2. The molecule has 0 bridgehead atoms. The predicted octanol–water partition coefficient (Wildman–Crippen LogP) is 6.12. The Balaban J connectivity index is 1.07. The van der Waals surface area contributed by atoms with Gasteiger partial charge in [0.1, 0.15) is 36.1 Å². The molecule has 3 fully saturated rings. The highest BCUT2D eigenvalue weighted by atomic mass is 32.2. The number of nitrogens with zero attached hydrogens (tertiary/aromatic N) is 8. The standard InChI is InChI=1S/C56H80N8O12S/c1-12-45-56(8)50(63(54(71)76-56)24-14-13-23-62-30-42(58-32-62)39-16-15-22-57-28-39)35(4)46(66)33(2)27-55(7,72-10)51(36(5)47(67)37(6)52(70)74-45)75-53-49(69)43(26-34(3)73-53)61(9)25-21-40-29-64(60-59-40)44(31-65)48(68)38-17-19-41(77-11)20-18-38/h15-20,22,28-30,32-37,43-45,48-51,53,65,68-69H,12-14,21,23-27,31H2,1-11H3/t33-,34-,35+,36+,37-,43+,44+,45-,48+,49-,50+,51-,53+,55-,56-/m1/s1. The van der Waals surface area contributed by atoms with Gasteiger partial charge in [-0.3, -0.25) is 19.4 Å². The van der Waals surface area contributed by atoms with Crippen molar-refractivity contribution in [2.45, 2.75) is 171 Å². The van der Waals surface area contributed by atoms with Crippen molar-refractivity contribution in [2.75, 3.05) is 40.1 Å². The van der Waals surface area contributed by atoms with Crippen LogP contribution >= 0.6 is 11.8 Å². The molecule has 15 atom stereocenters. The minimum Gasteiger partial charge on any atom is -0.458 e. The van der Waals surface area contributed by atoms with Crippen LogP contribution in [-0.4, -0.2) is 172 Å². The van der Waals surface area contributed by atoms with Gasteiger partial charge in [-0.05, 0) is 103 Å². The lowest BCUT2D eigenvalue weighted by atomic mass is 9.73. The van der Waals surface area contributed by atoms with Crippen LogP contribution in [0.15, 0.2) is 72.4 Å². The number of thioether (sulfide) groups is 1. The summed E-state index contributed by atoms with van der Waals surface area (Å²) in [6, 6.07) is 9.19. The second kappa shape index (κ2) is 25.8. The Bertz CT molecular complexity index is 2610. The number of ether oxygens (including phenoxy) is 5. The number of cyclic esters (lactones) is 1. The summed E-state index contributed by atoms with van der Waals surface area (Å²) >= 11 is 1.59. The number of methoxy groups -OCH3 is 1. The van der Waals surface area contributed by atoms with Crippen LogP contribution < -0.4 is 0 Å². The molecular formula is C56H80N8O12S. The van der Waals surface area contributed by atoms with Crippen LogP contribution in [0, 0.1) is 23.7 Å². The second-order valence-corrected chi connectivity index (χ2v) is 22.6. The van der Waals surface area contributed by atoms with Gasteiger partial charge in [0.15, 0.2) is 17.7 Å². The number of aromatic nitrogens is 6. The fourth-order valence-electron chi connectivity index (χ4n) is 11.8. The molecule has 1 aromatic carbocycles. The van der Waals surface area contributed by atoms with E-state index in [4.69, 9.17) is 23.7 Å². The fraction of sp³-hybridized carbons (Fsp3) is 0.643. The van der Waals surface area contributed by atoms with Crippen molar-refractivity contribution in [1.29, 1.82) is 0 Å². The van der Waals surface area contributed by atoms with Crippen LogP contribution in [0.1, 0.15) is 111 Å². The number of likely N-dealkylation sites (N-methyl/N-ethyl adjacent to an activating group) is 1. The van der Waals surface area contributed by atoms with Crippen molar-refractivity contribution in [3.8, 4) is 11.3 Å². The molecule has 7 rings (SSSR count). The summed E-state index contributed by atoms with van der Waals surface area (Å²) < 4.78 is 35.3. The number of ketones is 2. The van der Waals surface area contributed by atoms with Gasteiger partial charge in [-0.25, -0.2) is 14.5 Å². The number of esters is 1. The molecule has 3 aliphatic heterocycles. The molecule has 3 N–H and O–H groups in total. The van der Waals surface area contributed by atoms with Crippen molar-refractivity contribution in [3.05, 3.63) is 78.8 Å². The van der Waals surface area contributed by atoms with Gasteiger partial charge in [0.25, 0.3) is 0 Å². The number of hydrogen-bond acceptors (Lipinski definition) is 18. The summed E-state index contributed by atoms with van der Waals surface area (Å²) in [6.07, 6.45) is 6.55. The number of Topliss-reactive ketones (excluding diaryl/α,β-unsaturated/α-hetero) is 2. The third-order valence-electron chi connectivity index (χ3n) is 16.3. The first-order valence-corrected chi connectivity index (χ1v) is 28.2. The van der Waals surface area contributed by atoms with E-state index in [0.717, 1.165) is 16.2 Å². The molecule has 422 valence electrons. The van der Waals surface area contributed by atoms with Crippen molar-refractivity contribution in [3.63, 3.8) is 0 Å². The Morgan fingerprint density at radius 1 is 0.987 bits per heavy atom. The molecule has 77 heavy (non-hydrogen) atoms. The fourth-order valence-corrected chi connectivity index (χ4v) is 12.2. The first-order valence-electron chi connectivity index (χ1n) is 27.0. The molecule has 0 aliphatic carbocycles. The van der Waals surface area contributed by atoms with E-state index in [0.29, 0.717) is 50.0 Å². The van der Waals surface area contributed by atoms with Crippen LogP contribution in [-0.2, 0) is 51.0 Å². The lowest BCUT2D eigenvalue weighted by Crippen LogP contribution is -2.60. The molecule has 1 amide bonds. The quantitative estimate of drug-likeness (QED) is 0.0414. The van der Waals surface area contributed by atoms with Crippen molar-refractivity contribution < 1.29 is 58.2 Å². The summed E-state index contributed by atoms with van der Waals surface area (Å²) in [4.78, 5) is 71.3. The number of aliphatic hydroxyl groups is 3. The SMILES string of the molecule is CC[C@H]1OC(=O)[C@H](C)C(=O)[C@H](C)[C@@H](O[C@@H]2O[C@H](C)C[C@H](N(C)CCc3cn([C@@H](CO)[C@@H](O)c4ccc(SC)cc4)nn3)[C@H]2O)[C@](C)(OC)C[C@@H](C)C(=O)[C@H](C)[C@@H]2N(CCCCn3cnc(-c4cccnc4)c3)C(=O)O[C@@]21C.